The molecular formula is C15H19F3N2O. The van der Waals surface area contributed by atoms with Crippen molar-refractivity contribution < 1.29 is 17.9 Å². The van der Waals surface area contributed by atoms with Crippen molar-refractivity contribution in [1.29, 1.82) is 0 Å². The third-order valence-electron chi connectivity index (χ3n) is 4.24. The molecule has 0 radical (unpaired) electrons. The highest BCUT2D eigenvalue weighted by Crippen LogP contribution is 2.34. The first kappa shape index (κ1) is 14.5. The van der Waals surface area contributed by atoms with Crippen molar-refractivity contribution in [2.24, 2.45) is 0 Å². The molecule has 1 aromatic carbocycles. The topological polar surface area (TPSA) is 15.7 Å². The Morgan fingerprint density at radius 2 is 1.81 bits per heavy atom. The lowest BCUT2D eigenvalue weighted by atomic mass is 10.2. The third-order valence-corrected chi connectivity index (χ3v) is 4.24. The number of hydrogen-bond acceptors (Lipinski definition) is 3. The van der Waals surface area contributed by atoms with Gasteiger partial charge >= 0.3 is 6.36 Å². The number of halogens is 3. The lowest BCUT2D eigenvalue weighted by Crippen LogP contribution is -2.37. The minimum Gasteiger partial charge on any atom is -0.404 e. The quantitative estimate of drug-likeness (QED) is 0.834. The van der Waals surface area contributed by atoms with Crippen LogP contribution in [-0.4, -0.2) is 43.5 Å². The Kier molecular flexibility index (Phi) is 3.97. The fraction of sp³-hybridized carbons (Fsp3) is 0.600. The van der Waals surface area contributed by atoms with E-state index in [1.54, 1.807) is 18.2 Å². The third kappa shape index (κ3) is 3.43. The summed E-state index contributed by atoms with van der Waals surface area (Å²) in [6.45, 7) is 3.69. The number of ether oxygens (including phenoxy) is 1. The Bertz CT molecular complexity index is 492. The molecular weight excluding hydrogens is 281 g/mol. The standard InChI is InChI=1S/C15H19F3N2O/c16-15(17,18)21-14-7-2-1-6-13(14)20-10-4-9-19-8-3-5-12(19)11-20/h1-2,6-7,12H,3-5,8-11H2. The highest BCUT2D eigenvalue weighted by molar-refractivity contribution is 5.58. The van der Waals surface area contributed by atoms with Crippen LogP contribution in [0.2, 0.25) is 0 Å². The highest BCUT2D eigenvalue weighted by atomic mass is 19.4. The van der Waals surface area contributed by atoms with Crippen LogP contribution in [0.15, 0.2) is 24.3 Å². The molecule has 6 heteroatoms. The smallest absolute Gasteiger partial charge is 0.404 e. The zero-order valence-electron chi connectivity index (χ0n) is 11.8. The lowest BCUT2D eigenvalue weighted by molar-refractivity contribution is -0.274. The van der Waals surface area contributed by atoms with Crippen LogP contribution in [0.5, 0.6) is 5.75 Å². The van der Waals surface area contributed by atoms with E-state index in [2.05, 4.69) is 9.64 Å². The van der Waals surface area contributed by atoms with E-state index in [1.165, 1.54) is 12.5 Å². The van der Waals surface area contributed by atoms with Gasteiger partial charge in [0.2, 0.25) is 0 Å². The van der Waals surface area contributed by atoms with Gasteiger partial charge in [-0.25, -0.2) is 0 Å². The number of alkyl halides is 3. The molecule has 2 saturated heterocycles. The number of nitrogens with zero attached hydrogens (tertiary/aromatic N) is 2. The average Bonchev–Trinajstić information content (AvgIpc) is 2.75. The Labute approximate surface area is 122 Å². The number of anilines is 1. The van der Waals surface area contributed by atoms with Crippen molar-refractivity contribution in [2.75, 3.05) is 31.1 Å². The van der Waals surface area contributed by atoms with Gasteiger partial charge < -0.3 is 9.64 Å². The van der Waals surface area contributed by atoms with Crippen LogP contribution in [0.3, 0.4) is 0 Å². The van der Waals surface area contributed by atoms with E-state index in [0.717, 1.165) is 39.0 Å². The maximum absolute atomic E-state index is 12.5. The molecule has 0 saturated carbocycles. The summed E-state index contributed by atoms with van der Waals surface area (Å²) in [6, 6.07) is 6.89. The molecule has 0 spiro atoms. The molecule has 3 nitrogen and oxygen atoms in total. The van der Waals surface area contributed by atoms with E-state index in [1.807, 2.05) is 4.90 Å². The van der Waals surface area contributed by atoms with Gasteiger partial charge in [-0.2, -0.15) is 0 Å². The van der Waals surface area contributed by atoms with Crippen LogP contribution in [0.25, 0.3) is 0 Å². The number of rotatable bonds is 2. The minimum absolute atomic E-state index is 0.101. The summed E-state index contributed by atoms with van der Waals surface area (Å²) < 4.78 is 41.8. The monoisotopic (exact) mass is 300 g/mol. The molecule has 0 N–H and O–H groups in total. The largest absolute Gasteiger partial charge is 0.573 e. The number of benzene rings is 1. The van der Waals surface area contributed by atoms with Crippen molar-refractivity contribution in [2.45, 2.75) is 31.7 Å². The van der Waals surface area contributed by atoms with Crippen molar-refractivity contribution in [3.05, 3.63) is 24.3 Å². The molecule has 2 heterocycles. The first-order valence-corrected chi connectivity index (χ1v) is 7.37. The maximum Gasteiger partial charge on any atom is 0.573 e. The van der Waals surface area contributed by atoms with Gasteiger partial charge in [-0.1, -0.05) is 12.1 Å². The van der Waals surface area contributed by atoms with Gasteiger partial charge in [0.25, 0.3) is 0 Å². The molecule has 2 aliphatic rings. The molecule has 0 amide bonds. The van der Waals surface area contributed by atoms with E-state index in [0.29, 0.717) is 11.7 Å². The predicted octanol–water partition coefficient (Wildman–Crippen LogP) is 3.26. The Hall–Kier alpha value is -1.43. The second kappa shape index (κ2) is 5.75. The Balaban J connectivity index is 1.82. The molecule has 1 atom stereocenters. The van der Waals surface area contributed by atoms with E-state index in [-0.39, 0.29) is 5.75 Å². The summed E-state index contributed by atoms with van der Waals surface area (Å²) in [5.41, 5.74) is 0.545. The van der Waals surface area contributed by atoms with E-state index in [9.17, 15) is 13.2 Å². The van der Waals surface area contributed by atoms with Gasteiger partial charge in [-0.05, 0) is 37.9 Å². The fourth-order valence-electron chi connectivity index (χ4n) is 3.35. The molecule has 21 heavy (non-hydrogen) atoms. The van der Waals surface area contributed by atoms with Gasteiger partial charge in [-0.15, -0.1) is 13.2 Å². The van der Waals surface area contributed by atoms with Gasteiger partial charge in [0.1, 0.15) is 0 Å². The maximum atomic E-state index is 12.5. The summed E-state index contributed by atoms with van der Waals surface area (Å²) in [5, 5.41) is 0. The molecule has 3 rings (SSSR count). The van der Waals surface area contributed by atoms with Crippen LogP contribution in [0, 0.1) is 0 Å². The van der Waals surface area contributed by atoms with E-state index >= 15 is 0 Å². The summed E-state index contributed by atoms with van der Waals surface area (Å²) in [5.74, 6) is -0.101. The summed E-state index contributed by atoms with van der Waals surface area (Å²) in [6.07, 6.45) is -1.38. The lowest BCUT2D eigenvalue weighted by Gasteiger charge is -2.28. The summed E-state index contributed by atoms with van der Waals surface area (Å²) in [4.78, 5) is 4.49. The molecule has 116 valence electrons. The molecule has 1 aromatic rings. The first-order chi connectivity index (χ1) is 10.0. The second-order valence-electron chi connectivity index (χ2n) is 5.65. The normalized spacial score (nSPS) is 23.8. The van der Waals surface area contributed by atoms with Crippen LogP contribution >= 0.6 is 0 Å². The van der Waals surface area contributed by atoms with Gasteiger partial charge in [-0.3, -0.25) is 4.90 Å². The van der Waals surface area contributed by atoms with Crippen LogP contribution in [-0.2, 0) is 0 Å². The number of hydrogen-bond donors (Lipinski definition) is 0. The van der Waals surface area contributed by atoms with Crippen molar-refractivity contribution >= 4 is 5.69 Å². The zero-order valence-corrected chi connectivity index (χ0v) is 11.8. The number of para-hydroxylation sites is 2. The second-order valence-corrected chi connectivity index (χ2v) is 5.65. The predicted molar refractivity (Wildman–Crippen MR) is 74.6 cm³/mol. The van der Waals surface area contributed by atoms with Gasteiger partial charge in [0.05, 0.1) is 5.69 Å². The summed E-state index contributed by atoms with van der Waals surface area (Å²) >= 11 is 0. The van der Waals surface area contributed by atoms with Crippen LogP contribution in [0.1, 0.15) is 19.3 Å². The average molecular weight is 300 g/mol. The summed E-state index contributed by atoms with van der Waals surface area (Å²) in [7, 11) is 0. The zero-order chi connectivity index (χ0) is 14.9. The van der Waals surface area contributed by atoms with Crippen molar-refractivity contribution in [3.63, 3.8) is 0 Å². The fourth-order valence-corrected chi connectivity index (χ4v) is 3.35. The Morgan fingerprint density at radius 3 is 2.62 bits per heavy atom. The molecule has 2 fully saturated rings. The van der Waals surface area contributed by atoms with E-state index in [4.69, 9.17) is 0 Å². The molecule has 1 unspecified atom stereocenters. The van der Waals surface area contributed by atoms with Crippen LogP contribution < -0.4 is 9.64 Å². The Morgan fingerprint density at radius 1 is 1.05 bits per heavy atom. The van der Waals surface area contributed by atoms with Crippen LogP contribution in [0.4, 0.5) is 18.9 Å². The van der Waals surface area contributed by atoms with Crippen molar-refractivity contribution in [3.8, 4) is 5.75 Å². The van der Waals surface area contributed by atoms with Gasteiger partial charge in [0.15, 0.2) is 5.75 Å². The minimum atomic E-state index is -4.65. The van der Waals surface area contributed by atoms with Gasteiger partial charge in [0, 0.05) is 25.7 Å². The van der Waals surface area contributed by atoms with Crippen molar-refractivity contribution in [1.82, 2.24) is 4.90 Å². The highest BCUT2D eigenvalue weighted by Gasteiger charge is 2.34. The first-order valence-electron chi connectivity index (χ1n) is 7.37. The molecule has 0 aliphatic carbocycles. The molecule has 2 aliphatic heterocycles. The number of fused-ring (bicyclic) bond motifs is 1. The SMILES string of the molecule is FC(F)(F)Oc1ccccc1N1CCCN2CCCC2C1. The molecule has 0 bridgehead atoms. The molecule has 0 aromatic heterocycles. The van der Waals surface area contributed by atoms with E-state index < -0.39 is 6.36 Å².